The first-order chi connectivity index (χ1) is 22.5. The SMILES string of the molecule is CC(=O)Oc1ccccc1C(=O)Cc1ccc(CCl)cc1.CC(=O)Oc1ccccc1C(=O)Cc1ccc(C[N+](=O)[O-])cc1.O=N[O-].[Ag]. The molecule has 0 unspecified atom stereocenters. The first-order valence-electron chi connectivity index (χ1n) is 13.9. The number of hydrogen-bond acceptors (Lipinski definition) is 11. The maximum absolute atomic E-state index is 12.4. The van der Waals surface area contributed by atoms with Crippen LogP contribution in [0.3, 0.4) is 0 Å². The molecule has 0 bridgehead atoms. The van der Waals surface area contributed by atoms with Crippen LogP contribution in [0.5, 0.6) is 11.5 Å². The molecule has 0 atom stereocenters. The van der Waals surface area contributed by atoms with E-state index >= 15 is 0 Å². The second kappa shape index (κ2) is 21.7. The quantitative estimate of drug-likeness (QED) is 0.0229. The zero-order valence-corrected chi connectivity index (χ0v) is 28.0. The van der Waals surface area contributed by atoms with Crippen LogP contribution in [-0.4, -0.2) is 28.4 Å². The number of hydrogen-bond donors (Lipinski definition) is 0. The van der Waals surface area contributed by atoms with Crippen LogP contribution in [0.2, 0.25) is 0 Å². The van der Waals surface area contributed by atoms with Gasteiger partial charge in [0.15, 0.2) is 11.6 Å². The Balaban J connectivity index is 0.000000437. The molecule has 1 radical (unpaired) electrons. The van der Waals surface area contributed by atoms with Gasteiger partial charge in [-0.05, 0) is 41.0 Å². The van der Waals surface area contributed by atoms with E-state index in [2.05, 4.69) is 0 Å². The summed E-state index contributed by atoms with van der Waals surface area (Å²) in [6, 6.07) is 27.5. The molecular formula is C34H30AgClN2O10-. The van der Waals surface area contributed by atoms with Gasteiger partial charge >= 0.3 is 11.9 Å². The molecule has 0 aliphatic heterocycles. The van der Waals surface area contributed by atoms with Crippen LogP contribution in [0.4, 0.5) is 0 Å². The van der Waals surface area contributed by atoms with Crippen LogP contribution in [-0.2, 0) is 57.2 Å². The topological polar surface area (TPSA) is 182 Å². The Kier molecular flexibility index (Phi) is 18.6. The summed E-state index contributed by atoms with van der Waals surface area (Å²) >= 11 is 5.73. The van der Waals surface area contributed by atoms with Crippen LogP contribution in [0.1, 0.15) is 56.8 Å². The Morgan fingerprint density at radius 3 is 1.33 bits per heavy atom. The first kappa shape index (κ1) is 41.0. The van der Waals surface area contributed by atoms with Crippen molar-refractivity contribution in [2.75, 3.05) is 0 Å². The van der Waals surface area contributed by atoms with Crippen molar-refractivity contribution < 1.29 is 56.0 Å². The van der Waals surface area contributed by atoms with Gasteiger partial charge in [0, 0.05) is 65.4 Å². The minimum Gasteiger partial charge on any atom is -0.444 e. The molecule has 0 fully saturated rings. The third-order valence-electron chi connectivity index (χ3n) is 6.12. The van der Waals surface area contributed by atoms with E-state index in [4.69, 9.17) is 31.2 Å². The number of benzene rings is 4. The van der Waals surface area contributed by atoms with Gasteiger partial charge in [0.1, 0.15) is 11.5 Å². The molecule has 0 aliphatic carbocycles. The molecule has 12 nitrogen and oxygen atoms in total. The number of halogens is 1. The van der Waals surface area contributed by atoms with Crippen molar-refractivity contribution in [3.8, 4) is 11.5 Å². The summed E-state index contributed by atoms with van der Waals surface area (Å²) in [5.74, 6) is -0.239. The molecule has 4 rings (SSSR count). The summed E-state index contributed by atoms with van der Waals surface area (Å²) in [5, 5.41) is 19.5. The largest absolute Gasteiger partial charge is 0.444 e. The maximum atomic E-state index is 12.4. The van der Waals surface area contributed by atoms with Gasteiger partial charge in [0.05, 0.1) is 11.1 Å². The molecular weight excluding hydrogens is 740 g/mol. The van der Waals surface area contributed by atoms with Gasteiger partial charge in [-0.15, -0.1) is 16.9 Å². The predicted octanol–water partition coefficient (Wildman–Crippen LogP) is 6.84. The van der Waals surface area contributed by atoms with Gasteiger partial charge in [-0.1, -0.05) is 72.8 Å². The predicted molar refractivity (Wildman–Crippen MR) is 174 cm³/mol. The third-order valence-corrected chi connectivity index (χ3v) is 6.43. The zero-order valence-electron chi connectivity index (χ0n) is 25.7. The van der Waals surface area contributed by atoms with E-state index in [1.54, 1.807) is 72.8 Å². The zero-order chi connectivity index (χ0) is 34.8. The van der Waals surface area contributed by atoms with E-state index < -0.39 is 16.9 Å². The van der Waals surface area contributed by atoms with Crippen LogP contribution >= 0.6 is 11.6 Å². The minimum absolute atomic E-state index is 0. The van der Waals surface area contributed by atoms with E-state index in [1.165, 1.54) is 13.8 Å². The van der Waals surface area contributed by atoms with Crippen molar-refractivity contribution in [1.82, 2.24) is 0 Å². The van der Waals surface area contributed by atoms with Crippen molar-refractivity contribution in [3.63, 3.8) is 0 Å². The fourth-order valence-corrected chi connectivity index (χ4v) is 4.28. The van der Waals surface area contributed by atoms with Crippen LogP contribution in [0.25, 0.3) is 0 Å². The fourth-order valence-electron chi connectivity index (χ4n) is 4.10. The number of carbonyl (C=O) groups excluding carboxylic acids is 4. The second-order valence-corrected chi connectivity index (χ2v) is 9.98. The summed E-state index contributed by atoms with van der Waals surface area (Å²) < 4.78 is 10.1. The van der Waals surface area contributed by atoms with Crippen LogP contribution < -0.4 is 9.47 Å². The molecule has 4 aromatic carbocycles. The third kappa shape index (κ3) is 14.6. The average molecular weight is 770 g/mol. The maximum Gasteiger partial charge on any atom is 0.308 e. The molecule has 0 aromatic heterocycles. The minimum atomic E-state index is -0.491. The number of carbonyl (C=O) groups is 4. The number of alkyl halides is 1. The number of esters is 2. The summed E-state index contributed by atoms with van der Waals surface area (Å²) in [7, 11) is 0. The molecule has 48 heavy (non-hydrogen) atoms. The average Bonchev–Trinajstić information content (AvgIpc) is 3.03. The molecule has 0 spiro atoms. The molecule has 0 heterocycles. The first-order valence-corrected chi connectivity index (χ1v) is 14.4. The summed E-state index contributed by atoms with van der Waals surface area (Å²) in [6.45, 7) is 2.34. The van der Waals surface area contributed by atoms with Crippen molar-refractivity contribution >= 4 is 35.1 Å². The molecule has 0 N–H and O–H groups in total. The van der Waals surface area contributed by atoms with Crippen molar-refractivity contribution in [2.45, 2.75) is 39.1 Å². The van der Waals surface area contributed by atoms with E-state index in [0.717, 1.165) is 22.0 Å². The van der Waals surface area contributed by atoms with Gasteiger partial charge in [-0.3, -0.25) is 29.3 Å². The number of nitrogens with zero attached hydrogens (tertiary/aromatic N) is 2. The summed E-state index contributed by atoms with van der Waals surface area (Å²) in [5.41, 5.74) is 3.96. The molecule has 0 saturated heterocycles. The van der Waals surface area contributed by atoms with Gasteiger partial charge in [-0.25, -0.2) is 0 Å². The molecule has 4 aromatic rings. The number of nitro groups is 1. The van der Waals surface area contributed by atoms with Crippen LogP contribution in [0, 0.1) is 20.2 Å². The molecule has 0 saturated carbocycles. The van der Waals surface area contributed by atoms with Gasteiger partial charge in [0.25, 0.3) is 0 Å². The van der Waals surface area contributed by atoms with Crippen molar-refractivity contribution in [1.29, 1.82) is 0 Å². The van der Waals surface area contributed by atoms with Crippen molar-refractivity contribution in [2.24, 2.45) is 5.34 Å². The Labute approximate surface area is 296 Å². The number of ether oxygens (including phenoxy) is 2. The monoisotopic (exact) mass is 768 g/mol. The molecule has 255 valence electrons. The molecule has 0 amide bonds. The molecule has 0 aliphatic rings. The van der Waals surface area contributed by atoms with E-state index in [1.807, 2.05) is 24.3 Å². The van der Waals surface area contributed by atoms with E-state index in [-0.39, 0.29) is 59.1 Å². The fraction of sp³-hybridized carbons (Fsp3) is 0.176. The van der Waals surface area contributed by atoms with Crippen molar-refractivity contribution in [3.05, 3.63) is 151 Å². The normalized spacial score (nSPS) is 9.56. The number of para-hydroxylation sites is 2. The molecule has 14 heteroatoms. The number of rotatable bonds is 11. The van der Waals surface area contributed by atoms with Gasteiger partial charge in [-0.2, -0.15) is 0 Å². The summed E-state index contributed by atoms with van der Waals surface area (Å²) in [6.07, 6.45) is 0.373. The standard InChI is InChI=1S/C17H15ClO3.C17H15NO5.Ag.HNO2/c1-12(19)21-17-5-3-2-4-15(17)16(20)10-13-6-8-14(11-18)9-7-13;1-12(19)23-17-5-3-2-4-15(17)16(20)10-13-6-8-14(9-7-13)11-18(21)22;;2-1-3/h2-9H,10-11H2,1H3;2-9H,10-11H2,1H3;;(H,2,3)/p-1. The van der Waals surface area contributed by atoms with Gasteiger partial charge in [0.2, 0.25) is 6.54 Å². The second-order valence-electron chi connectivity index (χ2n) is 9.71. The Hall–Kier alpha value is -5.01. The Morgan fingerprint density at radius 2 is 1.00 bits per heavy atom. The Bertz CT molecular complexity index is 1700. The van der Waals surface area contributed by atoms with E-state index in [0.29, 0.717) is 28.3 Å². The van der Waals surface area contributed by atoms with Crippen LogP contribution in [0.15, 0.2) is 102 Å². The Morgan fingerprint density at radius 1 is 0.667 bits per heavy atom. The summed E-state index contributed by atoms with van der Waals surface area (Å²) in [4.78, 5) is 64.9. The number of Topliss-reactive ketones (excluding diaryl/α,β-unsaturated/α-hetero) is 2. The van der Waals surface area contributed by atoms with Gasteiger partial charge < -0.3 is 19.6 Å². The van der Waals surface area contributed by atoms with E-state index in [9.17, 15) is 29.3 Å². The smallest absolute Gasteiger partial charge is 0.308 e. The number of ketones is 2.